The zero-order valence-electron chi connectivity index (χ0n) is 14.2. The van der Waals surface area contributed by atoms with Gasteiger partial charge in [0, 0.05) is 37.3 Å². The lowest BCUT2D eigenvalue weighted by molar-refractivity contribution is -0.124. The highest BCUT2D eigenvalue weighted by Gasteiger charge is 2.23. The number of aromatic nitrogens is 2. The van der Waals surface area contributed by atoms with Crippen LogP contribution in [0.5, 0.6) is 5.75 Å². The van der Waals surface area contributed by atoms with E-state index in [0.29, 0.717) is 23.8 Å². The number of likely N-dealkylation sites (tertiary alicyclic amines) is 1. The molecule has 26 heavy (non-hydrogen) atoms. The Morgan fingerprint density at radius 2 is 2.15 bits per heavy atom. The van der Waals surface area contributed by atoms with Gasteiger partial charge in [-0.25, -0.2) is 10.5 Å². The molecule has 3 rings (SSSR count). The Morgan fingerprint density at radius 1 is 1.31 bits per heavy atom. The molecule has 1 aliphatic rings. The van der Waals surface area contributed by atoms with E-state index >= 15 is 0 Å². The molecule has 8 heteroatoms. The fourth-order valence-corrected chi connectivity index (χ4v) is 2.89. The number of hydrogen-bond donors (Lipinski definition) is 4. The Bertz CT molecular complexity index is 779. The van der Waals surface area contributed by atoms with Crippen molar-refractivity contribution >= 4 is 17.8 Å². The molecular weight excluding hydrogens is 334 g/mol. The molecule has 1 amide bonds. The Kier molecular flexibility index (Phi) is 5.77. The van der Waals surface area contributed by atoms with Crippen LogP contribution in [0.2, 0.25) is 0 Å². The molecule has 0 radical (unpaired) electrons. The predicted octanol–water partition coefficient (Wildman–Crippen LogP) is 1.39. The second-order valence-electron chi connectivity index (χ2n) is 6.13. The number of para-hydroxylation sites is 1. The maximum atomic E-state index is 10.9. The van der Waals surface area contributed by atoms with Gasteiger partial charge in [-0.15, -0.1) is 0 Å². The van der Waals surface area contributed by atoms with Crippen molar-refractivity contribution < 1.29 is 15.1 Å². The summed E-state index contributed by atoms with van der Waals surface area (Å²) in [5, 5.41) is 21.7. The van der Waals surface area contributed by atoms with Gasteiger partial charge in [0.2, 0.25) is 0 Å². The first kappa shape index (κ1) is 17.8. The topological polar surface area (TPSA) is 111 Å². The summed E-state index contributed by atoms with van der Waals surface area (Å²) in [6.07, 6.45) is 6.78. The molecule has 0 bridgehead atoms. The van der Waals surface area contributed by atoms with Crippen LogP contribution < -0.4 is 10.8 Å². The summed E-state index contributed by atoms with van der Waals surface area (Å²) in [6.45, 7) is 2.51. The third kappa shape index (κ3) is 4.78. The van der Waals surface area contributed by atoms with Crippen molar-refractivity contribution in [1.82, 2.24) is 20.3 Å². The number of hydrogen-bond acceptors (Lipinski definition) is 7. The minimum atomic E-state index is -0.621. The van der Waals surface area contributed by atoms with Gasteiger partial charge in [0.15, 0.2) is 0 Å². The van der Waals surface area contributed by atoms with E-state index in [4.69, 9.17) is 5.21 Å². The molecule has 1 saturated heterocycles. The number of rotatable bonds is 6. The summed E-state index contributed by atoms with van der Waals surface area (Å²) < 4.78 is 0. The van der Waals surface area contributed by atoms with E-state index in [9.17, 15) is 9.90 Å². The molecule has 1 aromatic carbocycles. The molecule has 0 spiro atoms. The van der Waals surface area contributed by atoms with Crippen molar-refractivity contribution in [3.8, 4) is 5.75 Å². The molecule has 8 nitrogen and oxygen atoms in total. The average molecular weight is 355 g/mol. The second-order valence-corrected chi connectivity index (χ2v) is 6.13. The summed E-state index contributed by atoms with van der Waals surface area (Å²) in [5.41, 5.74) is 2.96. The standard InChI is InChI=1S/C18H21N5O3/c24-16-4-2-1-3-13(16)11-23-8-7-15(12-23)21-17-10-19-14(9-20-17)5-6-18(25)22-26/h1-6,9-10,15,24,26H,7-8,11-12H2,(H,20,21)(H,22,25)/t15-/m1/s1. The largest absolute Gasteiger partial charge is 0.508 e. The maximum Gasteiger partial charge on any atom is 0.267 e. The maximum absolute atomic E-state index is 10.9. The molecule has 0 unspecified atom stereocenters. The van der Waals surface area contributed by atoms with Gasteiger partial charge in [-0.05, 0) is 18.6 Å². The molecule has 1 aliphatic heterocycles. The van der Waals surface area contributed by atoms with E-state index in [0.717, 1.165) is 25.1 Å². The molecule has 1 fully saturated rings. The first-order valence-corrected chi connectivity index (χ1v) is 8.34. The van der Waals surface area contributed by atoms with Crippen LogP contribution in [0.3, 0.4) is 0 Å². The van der Waals surface area contributed by atoms with Gasteiger partial charge in [0.25, 0.3) is 5.91 Å². The average Bonchev–Trinajstić information content (AvgIpc) is 3.09. The van der Waals surface area contributed by atoms with Crippen LogP contribution in [0, 0.1) is 0 Å². The highest BCUT2D eigenvalue weighted by molar-refractivity contribution is 5.90. The lowest BCUT2D eigenvalue weighted by Gasteiger charge is -2.17. The van der Waals surface area contributed by atoms with Gasteiger partial charge >= 0.3 is 0 Å². The molecule has 0 aliphatic carbocycles. The van der Waals surface area contributed by atoms with Crippen molar-refractivity contribution in [2.24, 2.45) is 0 Å². The van der Waals surface area contributed by atoms with Crippen LogP contribution in [0.4, 0.5) is 5.82 Å². The van der Waals surface area contributed by atoms with Crippen molar-refractivity contribution in [2.75, 3.05) is 18.4 Å². The number of amides is 1. The van der Waals surface area contributed by atoms with Crippen molar-refractivity contribution in [2.45, 2.75) is 19.0 Å². The van der Waals surface area contributed by atoms with Gasteiger partial charge < -0.3 is 10.4 Å². The number of anilines is 1. The second kappa shape index (κ2) is 8.41. The fraction of sp³-hybridized carbons (Fsp3) is 0.278. The summed E-state index contributed by atoms with van der Waals surface area (Å²) in [5.74, 6) is 0.376. The lowest BCUT2D eigenvalue weighted by Crippen LogP contribution is -2.26. The molecule has 1 aromatic heterocycles. The third-order valence-corrected chi connectivity index (χ3v) is 4.20. The smallest absolute Gasteiger partial charge is 0.267 e. The first-order chi connectivity index (χ1) is 12.6. The van der Waals surface area contributed by atoms with Gasteiger partial charge in [-0.3, -0.25) is 19.9 Å². The molecule has 0 saturated carbocycles. The minimum absolute atomic E-state index is 0.261. The number of nitrogens with one attached hydrogen (secondary N) is 2. The lowest BCUT2D eigenvalue weighted by atomic mass is 10.2. The summed E-state index contributed by atoms with van der Waals surface area (Å²) in [4.78, 5) is 21.7. The summed E-state index contributed by atoms with van der Waals surface area (Å²) in [6, 6.07) is 7.65. The fourth-order valence-electron chi connectivity index (χ4n) is 2.89. The van der Waals surface area contributed by atoms with Gasteiger partial charge in [0.05, 0.1) is 18.1 Å². The molecule has 2 heterocycles. The number of aromatic hydroxyl groups is 1. The van der Waals surface area contributed by atoms with Crippen molar-refractivity contribution in [3.63, 3.8) is 0 Å². The van der Waals surface area contributed by atoms with Gasteiger partial charge in [-0.1, -0.05) is 18.2 Å². The normalized spacial score (nSPS) is 17.5. The predicted molar refractivity (Wildman–Crippen MR) is 96.4 cm³/mol. The molecular formula is C18H21N5O3. The number of hydroxylamine groups is 1. The Labute approximate surface area is 151 Å². The van der Waals surface area contributed by atoms with Crippen LogP contribution in [0.1, 0.15) is 17.7 Å². The van der Waals surface area contributed by atoms with Crippen LogP contribution in [-0.4, -0.2) is 50.2 Å². The van der Waals surface area contributed by atoms with E-state index in [2.05, 4.69) is 20.2 Å². The highest BCUT2D eigenvalue weighted by Crippen LogP contribution is 2.21. The highest BCUT2D eigenvalue weighted by atomic mass is 16.5. The number of phenols is 1. The van der Waals surface area contributed by atoms with Crippen LogP contribution in [0.25, 0.3) is 6.08 Å². The van der Waals surface area contributed by atoms with E-state index in [1.165, 1.54) is 17.6 Å². The zero-order valence-corrected chi connectivity index (χ0v) is 14.2. The quantitative estimate of drug-likeness (QED) is 0.352. The van der Waals surface area contributed by atoms with Crippen molar-refractivity contribution in [3.05, 3.63) is 54.0 Å². The van der Waals surface area contributed by atoms with Crippen LogP contribution >= 0.6 is 0 Å². The number of carbonyl (C=O) groups is 1. The minimum Gasteiger partial charge on any atom is -0.508 e. The van der Waals surface area contributed by atoms with E-state index in [1.807, 2.05) is 18.2 Å². The van der Waals surface area contributed by atoms with E-state index in [1.54, 1.807) is 18.5 Å². The van der Waals surface area contributed by atoms with Crippen LogP contribution in [-0.2, 0) is 11.3 Å². The number of nitrogens with zero attached hydrogens (tertiary/aromatic N) is 3. The molecule has 136 valence electrons. The van der Waals surface area contributed by atoms with E-state index < -0.39 is 5.91 Å². The summed E-state index contributed by atoms with van der Waals surface area (Å²) in [7, 11) is 0. The monoisotopic (exact) mass is 355 g/mol. The van der Waals surface area contributed by atoms with Crippen molar-refractivity contribution in [1.29, 1.82) is 0 Å². The Balaban J connectivity index is 1.51. The number of carbonyl (C=O) groups excluding carboxylic acids is 1. The van der Waals surface area contributed by atoms with Gasteiger partial charge in [-0.2, -0.15) is 0 Å². The van der Waals surface area contributed by atoms with E-state index in [-0.39, 0.29) is 6.04 Å². The van der Waals surface area contributed by atoms with Gasteiger partial charge in [0.1, 0.15) is 11.6 Å². The Morgan fingerprint density at radius 3 is 2.88 bits per heavy atom. The number of phenolic OH excluding ortho intramolecular Hbond substituents is 1. The molecule has 2 aromatic rings. The SMILES string of the molecule is O=C(C=Cc1cnc(N[C@@H]2CCN(Cc3ccccc3O)C2)cn1)NO. The third-order valence-electron chi connectivity index (χ3n) is 4.20. The Hall–Kier alpha value is -2.97. The first-order valence-electron chi connectivity index (χ1n) is 8.34. The van der Waals surface area contributed by atoms with Crippen LogP contribution in [0.15, 0.2) is 42.7 Å². The summed E-state index contributed by atoms with van der Waals surface area (Å²) >= 11 is 0. The molecule has 4 N–H and O–H groups in total. The molecule has 1 atom stereocenters. The number of benzene rings is 1. The zero-order chi connectivity index (χ0) is 18.4.